The molecule has 0 spiro atoms. The second-order valence-corrected chi connectivity index (χ2v) is 7.43. The van der Waals surface area contributed by atoms with Gasteiger partial charge in [0.05, 0.1) is 6.42 Å². The number of carbonyl (C=O) groups is 1. The maximum Gasteiger partial charge on any atom is 0.225 e. The van der Waals surface area contributed by atoms with Crippen LogP contribution in [-0.4, -0.2) is 33.2 Å². The van der Waals surface area contributed by atoms with Gasteiger partial charge in [0.15, 0.2) is 3.95 Å². The Morgan fingerprint density at radius 3 is 2.76 bits per heavy atom. The summed E-state index contributed by atoms with van der Waals surface area (Å²) in [5.41, 5.74) is 0.947. The van der Waals surface area contributed by atoms with E-state index in [1.54, 1.807) is 6.26 Å². The standard InChI is InChI=1S/C10H16N2O2S3/c1-6(17(3)14)5-11-9(13)4-8-7(2)12-10(15)16-8/h6H,4-5H2,1-3H3,(H,11,13)(H,12,15). The number of aryl methyl sites for hydroxylation is 1. The maximum absolute atomic E-state index is 11.6. The quantitative estimate of drug-likeness (QED) is 0.809. The molecule has 0 aliphatic carbocycles. The number of nitrogens with one attached hydrogen (secondary N) is 2. The molecule has 0 saturated carbocycles. The minimum atomic E-state index is -0.908. The molecule has 0 radical (unpaired) electrons. The van der Waals surface area contributed by atoms with Gasteiger partial charge in [-0.2, -0.15) is 0 Å². The molecule has 2 N–H and O–H groups in total. The van der Waals surface area contributed by atoms with Crippen LogP contribution in [0.1, 0.15) is 17.5 Å². The Bertz CT molecular complexity index is 478. The fourth-order valence-corrected chi connectivity index (χ4v) is 2.80. The van der Waals surface area contributed by atoms with Gasteiger partial charge in [-0.3, -0.25) is 9.00 Å². The molecule has 7 heteroatoms. The van der Waals surface area contributed by atoms with Crippen molar-refractivity contribution in [3.63, 3.8) is 0 Å². The normalized spacial score (nSPS) is 14.3. The first-order valence-corrected chi connectivity index (χ1v) is 8.02. The van der Waals surface area contributed by atoms with Gasteiger partial charge in [-0.25, -0.2) is 0 Å². The van der Waals surface area contributed by atoms with Crippen molar-refractivity contribution in [1.82, 2.24) is 10.3 Å². The highest BCUT2D eigenvalue weighted by Crippen LogP contribution is 2.14. The Morgan fingerprint density at radius 2 is 2.29 bits per heavy atom. The number of rotatable bonds is 5. The molecule has 1 amide bonds. The fraction of sp³-hybridized carbons (Fsp3) is 0.600. The number of thiazole rings is 1. The second kappa shape index (κ2) is 6.42. The second-order valence-electron chi connectivity index (χ2n) is 3.85. The minimum Gasteiger partial charge on any atom is -0.355 e. The van der Waals surface area contributed by atoms with E-state index in [0.29, 0.717) is 16.9 Å². The highest BCUT2D eigenvalue weighted by Gasteiger charge is 2.11. The lowest BCUT2D eigenvalue weighted by Crippen LogP contribution is -2.33. The van der Waals surface area contributed by atoms with E-state index in [2.05, 4.69) is 10.3 Å². The van der Waals surface area contributed by atoms with Gasteiger partial charge in [0.25, 0.3) is 0 Å². The molecule has 0 fully saturated rings. The Morgan fingerprint density at radius 1 is 1.65 bits per heavy atom. The maximum atomic E-state index is 11.6. The number of carbonyl (C=O) groups excluding carboxylic acids is 1. The third kappa shape index (κ3) is 4.69. The predicted molar refractivity (Wildman–Crippen MR) is 74.5 cm³/mol. The molecule has 1 heterocycles. The summed E-state index contributed by atoms with van der Waals surface area (Å²) in [5.74, 6) is -0.0596. The first-order valence-electron chi connectivity index (χ1n) is 5.17. The number of amides is 1. The molecule has 1 aromatic heterocycles. The van der Waals surface area contributed by atoms with Crippen LogP contribution in [0.3, 0.4) is 0 Å². The van der Waals surface area contributed by atoms with E-state index in [1.165, 1.54) is 11.3 Å². The summed E-state index contributed by atoms with van der Waals surface area (Å²) >= 11 is 6.43. The third-order valence-electron chi connectivity index (χ3n) is 2.40. The van der Waals surface area contributed by atoms with Gasteiger partial charge in [-0.1, -0.05) is 0 Å². The van der Waals surface area contributed by atoms with Crippen LogP contribution in [0.4, 0.5) is 0 Å². The van der Waals surface area contributed by atoms with E-state index in [0.717, 1.165) is 10.6 Å². The van der Waals surface area contributed by atoms with Crippen LogP contribution in [0.2, 0.25) is 0 Å². The summed E-state index contributed by atoms with van der Waals surface area (Å²) in [5, 5.41) is 2.75. The summed E-state index contributed by atoms with van der Waals surface area (Å²) in [6.07, 6.45) is 1.96. The highest BCUT2D eigenvalue weighted by atomic mass is 32.2. The number of H-pyrrole nitrogens is 1. The zero-order valence-corrected chi connectivity index (χ0v) is 12.5. The van der Waals surface area contributed by atoms with Crippen molar-refractivity contribution < 1.29 is 9.00 Å². The highest BCUT2D eigenvalue weighted by molar-refractivity contribution is 7.84. The van der Waals surface area contributed by atoms with Gasteiger partial charge < -0.3 is 10.3 Å². The van der Waals surface area contributed by atoms with Crippen LogP contribution in [-0.2, 0) is 22.0 Å². The summed E-state index contributed by atoms with van der Waals surface area (Å²) in [7, 11) is -0.908. The van der Waals surface area contributed by atoms with Crippen LogP contribution < -0.4 is 5.32 Å². The average Bonchev–Trinajstić information content (AvgIpc) is 2.53. The van der Waals surface area contributed by atoms with Crippen molar-refractivity contribution in [2.45, 2.75) is 25.5 Å². The monoisotopic (exact) mass is 292 g/mol. The van der Waals surface area contributed by atoms with Crippen LogP contribution in [0, 0.1) is 10.9 Å². The van der Waals surface area contributed by atoms with Crippen molar-refractivity contribution in [3.05, 3.63) is 14.5 Å². The largest absolute Gasteiger partial charge is 0.355 e. The van der Waals surface area contributed by atoms with Gasteiger partial charge in [-0.15, -0.1) is 11.3 Å². The van der Waals surface area contributed by atoms with E-state index >= 15 is 0 Å². The van der Waals surface area contributed by atoms with Crippen LogP contribution in [0.15, 0.2) is 0 Å². The summed E-state index contributed by atoms with van der Waals surface area (Å²) in [6.45, 7) is 4.19. The molecule has 0 aliphatic heterocycles. The topological polar surface area (TPSA) is 62.0 Å². The zero-order chi connectivity index (χ0) is 13.0. The smallest absolute Gasteiger partial charge is 0.225 e. The van der Waals surface area contributed by atoms with E-state index < -0.39 is 10.8 Å². The lowest BCUT2D eigenvalue weighted by Gasteiger charge is -2.09. The SMILES string of the molecule is Cc1[nH]c(=S)sc1CC(=O)NCC(C)S(C)=O. The van der Waals surface area contributed by atoms with Crippen molar-refractivity contribution in [2.75, 3.05) is 12.8 Å². The van der Waals surface area contributed by atoms with Crippen LogP contribution in [0.25, 0.3) is 0 Å². The molecular formula is C10H16N2O2S3. The van der Waals surface area contributed by atoms with Gasteiger partial charge >= 0.3 is 0 Å². The minimum absolute atomic E-state index is 0.0236. The number of hydrogen-bond acceptors (Lipinski definition) is 4. The van der Waals surface area contributed by atoms with Gasteiger partial charge in [0.1, 0.15) is 0 Å². The third-order valence-corrected chi connectivity index (χ3v) is 5.03. The zero-order valence-electron chi connectivity index (χ0n) is 10.0. The first-order chi connectivity index (χ1) is 7.90. The van der Waals surface area contributed by atoms with E-state index in [1.807, 2.05) is 13.8 Å². The van der Waals surface area contributed by atoms with Crippen molar-refractivity contribution in [1.29, 1.82) is 0 Å². The molecule has 17 heavy (non-hydrogen) atoms. The van der Waals surface area contributed by atoms with Crippen LogP contribution in [0.5, 0.6) is 0 Å². The number of hydrogen-bond donors (Lipinski definition) is 2. The number of aromatic nitrogens is 1. The molecular weight excluding hydrogens is 276 g/mol. The molecule has 0 aliphatic rings. The van der Waals surface area contributed by atoms with Gasteiger partial charge in [0, 0.05) is 39.4 Å². The molecule has 1 rings (SSSR count). The molecule has 0 bridgehead atoms. The first kappa shape index (κ1) is 14.5. The lowest BCUT2D eigenvalue weighted by molar-refractivity contribution is -0.120. The Labute approximate surface area is 112 Å². The van der Waals surface area contributed by atoms with Crippen molar-refractivity contribution >= 4 is 40.3 Å². The molecule has 1 aromatic rings. The van der Waals surface area contributed by atoms with Gasteiger partial charge in [-0.05, 0) is 26.1 Å². The molecule has 2 unspecified atom stereocenters. The molecule has 96 valence electrons. The average molecular weight is 292 g/mol. The van der Waals surface area contributed by atoms with E-state index in [4.69, 9.17) is 12.2 Å². The van der Waals surface area contributed by atoms with E-state index in [-0.39, 0.29) is 11.2 Å². The Hall–Kier alpha value is -0.530. The van der Waals surface area contributed by atoms with Crippen LogP contribution >= 0.6 is 23.6 Å². The Balaban J connectivity index is 2.48. The molecule has 0 saturated heterocycles. The van der Waals surface area contributed by atoms with Crippen molar-refractivity contribution in [3.8, 4) is 0 Å². The number of aromatic amines is 1. The molecule has 0 aromatic carbocycles. The van der Waals surface area contributed by atoms with Gasteiger partial charge in [0.2, 0.25) is 5.91 Å². The Kier molecular flexibility index (Phi) is 5.48. The molecule has 4 nitrogen and oxygen atoms in total. The lowest BCUT2D eigenvalue weighted by atomic mass is 10.3. The summed E-state index contributed by atoms with van der Waals surface area (Å²) < 4.78 is 11.8. The van der Waals surface area contributed by atoms with Crippen molar-refractivity contribution in [2.24, 2.45) is 0 Å². The summed E-state index contributed by atoms with van der Waals surface area (Å²) in [4.78, 5) is 15.6. The fourth-order valence-electron chi connectivity index (χ4n) is 1.19. The summed E-state index contributed by atoms with van der Waals surface area (Å²) in [6, 6.07) is 0. The molecule has 2 atom stereocenters. The predicted octanol–water partition coefficient (Wildman–Crippen LogP) is 1.54. The van der Waals surface area contributed by atoms with E-state index in [9.17, 15) is 9.00 Å².